The predicted molar refractivity (Wildman–Crippen MR) is 95.8 cm³/mol. The minimum Gasteiger partial charge on any atom is -0.300 e. The van der Waals surface area contributed by atoms with Crippen LogP contribution in [0.2, 0.25) is 0 Å². The summed E-state index contributed by atoms with van der Waals surface area (Å²) in [5.41, 5.74) is 4.53. The number of hydrogen-bond acceptors (Lipinski definition) is 4. The van der Waals surface area contributed by atoms with E-state index in [4.69, 9.17) is 0 Å². The minimum absolute atomic E-state index is 0.345. The number of allylic oxidation sites excluding steroid dienone is 2. The van der Waals surface area contributed by atoms with Crippen LogP contribution in [-0.4, -0.2) is 25.5 Å². The number of thioether (sulfide) groups is 1. The zero-order valence-electron chi connectivity index (χ0n) is 13.6. The molecule has 0 saturated heterocycles. The highest BCUT2D eigenvalue weighted by atomic mass is 32.2. The Morgan fingerprint density at radius 2 is 2.33 bits per heavy atom. The molecule has 6 heteroatoms. The van der Waals surface area contributed by atoms with Gasteiger partial charge in [-0.2, -0.15) is 5.10 Å². The average molecular weight is 338 g/mol. The quantitative estimate of drug-likeness (QED) is 0.675. The maximum Gasteiger partial charge on any atom is 0.163 e. The third kappa shape index (κ3) is 2.38. The van der Waals surface area contributed by atoms with Crippen molar-refractivity contribution >= 4 is 23.7 Å². The van der Waals surface area contributed by atoms with Gasteiger partial charge in [0, 0.05) is 23.7 Å². The van der Waals surface area contributed by atoms with E-state index in [0.717, 1.165) is 41.9 Å². The Labute approximate surface area is 144 Å². The lowest BCUT2D eigenvalue weighted by Gasteiger charge is -2.12. The lowest BCUT2D eigenvalue weighted by molar-refractivity contribution is 0.112. The first-order chi connectivity index (χ1) is 11.7. The molecule has 0 bridgehead atoms. The summed E-state index contributed by atoms with van der Waals surface area (Å²) in [6.07, 6.45) is 10.6. The van der Waals surface area contributed by atoms with Gasteiger partial charge in [0.05, 0.1) is 17.1 Å². The molecule has 0 aliphatic carbocycles. The normalized spacial score (nSPS) is 17.4. The van der Waals surface area contributed by atoms with Gasteiger partial charge in [-0.05, 0) is 36.8 Å². The number of hydrogen-bond donors (Lipinski definition) is 0. The standard InChI is InChI=1S/C18H18N4OS/c1-3-14-6-7-20-22(14)15-8-13(11-23)10-21-16(9-19-18(15)21)17-5-4-12(2)24-17/h4,6-11,17H,3,5H2,1-2H3. The Morgan fingerprint density at radius 1 is 1.46 bits per heavy atom. The zero-order valence-corrected chi connectivity index (χ0v) is 14.5. The number of aryl methyl sites for hydroxylation is 1. The molecule has 122 valence electrons. The Morgan fingerprint density at radius 3 is 3.04 bits per heavy atom. The van der Waals surface area contributed by atoms with Crippen molar-refractivity contribution in [1.29, 1.82) is 0 Å². The van der Waals surface area contributed by atoms with Crippen molar-refractivity contribution in [1.82, 2.24) is 19.2 Å². The van der Waals surface area contributed by atoms with Crippen molar-refractivity contribution in [3.8, 4) is 5.69 Å². The van der Waals surface area contributed by atoms with Crippen LogP contribution in [0.4, 0.5) is 0 Å². The summed E-state index contributed by atoms with van der Waals surface area (Å²) in [5, 5.41) is 4.78. The van der Waals surface area contributed by atoms with E-state index < -0.39 is 0 Å². The first-order valence-corrected chi connectivity index (χ1v) is 8.92. The lowest BCUT2D eigenvalue weighted by atomic mass is 10.2. The number of nitrogens with zero attached hydrogens (tertiary/aromatic N) is 4. The molecule has 24 heavy (non-hydrogen) atoms. The predicted octanol–water partition coefficient (Wildman–Crippen LogP) is 3.98. The van der Waals surface area contributed by atoms with Gasteiger partial charge in [-0.3, -0.25) is 4.79 Å². The van der Waals surface area contributed by atoms with E-state index in [9.17, 15) is 4.79 Å². The zero-order chi connectivity index (χ0) is 16.7. The van der Waals surface area contributed by atoms with Gasteiger partial charge in [-0.15, -0.1) is 11.8 Å². The van der Waals surface area contributed by atoms with Crippen molar-refractivity contribution in [2.45, 2.75) is 31.9 Å². The number of fused-ring (bicyclic) bond motifs is 1. The van der Waals surface area contributed by atoms with E-state index in [2.05, 4.69) is 30.0 Å². The van der Waals surface area contributed by atoms with Crippen LogP contribution < -0.4 is 0 Å². The molecule has 4 rings (SSSR count). The van der Waals surface area contributed by atoms with E-state index in [-0.39, 0.29) is 0 Å². The first-order valence-electron chi connectivity index (χ1n) is 8.04. The highest BCUT2D eigenvalue weighted by molar-refractivity contribution is 8.03. The molecule has 0 saturated carbocycles. The fraction of sp³-hybridized carbons (Fsp3) is 0.278. The lowest BCUT2D eigenvalue weighted by Crippen LogP contribution is -2.06. The van der Waals surface area contributed by atoms with Crippen LogP contribution in [-0.2, 0) is 6.42 Å². The molecule has 0 N–H and O–H groups in total. The van der Waals surface area contributed by atoms with Crippen molar-refractivity contribution in [2.75, 3.05) is 0 Å². The number of aromatic nitrogens is 4. The molecule has 1 unspecified atom stereocenters. The molecular formula is C18H18N4OS. The maximum absolute atomic E-state index is 11.5. The topological polar surface area (TPSA) is 52.2 Å². The van der Waals surface area contributed by atoms with E-state index in [1.807, 2.05) is 45.4 Å². The number of rotatable bonds is 4. The van der Waals surface area contributed by atoms with Crippen LogP contribution in [0.5, 0.6) is 0 Å². The van der Waals surface area contributed by atoms with Gasteiger partial charge in [0.25, 0.3) is 0 Å². The Balaban J connectivity index is 1.92. The fourth-order valence-corrected chi connectivity index (χ4v) is 4.29. The van der Waals surface area contributed by atoms with Crippen LogP contribution in [0.1, 0.15) is 47.3 Å². The fourth-order valence-electron chi connectivity index (χ4n) is 3.16. The SMILES string of the molecule is CCc1ccnn1-c1cc(C=O)cn2c(C3CC=C(C)S3)cnc12. The van der Waals surface area contributed by atoms with Crippen molar-refractivity contribution in [3.63, 3.8) is 0 Å². The van der Waals surface area contributed by atoms with Crippen molar-refractivity contribution < 1.29 is 4.79 Å². The molecule has 0 aromatic carbocycles. The first kappa shape index (κ1) is 15.2. The minimum atomic E-state index is 0.345. The Kier molecular flexibility index (Phi) is 3.76. The van der Waals surface area contributed by atoms with Gasteiger partial charge in [-0.25, -0.2) is 9.67 Å². The Bertz CT molecular complexity index is 953. The molecule has 1 aliphatic heterocycles. The largest absolute Gasteiger partial charge is 0.300 e. The van der Waals surface area contributed by atoms with E-state index in [1.165, 1.54) is 4.91 Å². The molecule has 4 heterocycles. The number of imidazole rings is 1. The number of carbonyl (C=O) groups excluding carboxylic acids is 1. The van der Waals surface area contributed by atoms with Crippen molar-refractivity contribution in [2.24, 2.45) is 0 Å². The second kappa shape index (κ2) is 5.94. The van der Waals surface area contributed by atoms with Gasteiger partial charge in [0.15, 0.2) is 11.9 Å². The summed E-state index contributed by atoms with van der Waals surface area (Å²) >= 11 is 1.85. The molecule has 1 atom stereocenters. The molecule has 0 spiro atoms. The summed E-state index contributed by atoms with van der Waals surface area (Å²) in [6, 6.07) is 3.85. The number of aldehydes is 1. The third-order valence-corrected chi connectivity index (χ3v) is 5.62. The second-order valence-corrected chi connectivity index (χ2v) is 7.35. The molecule has 1 aliphatic rings. The highest BCUT2D eigenvalue weighted by Crippen LogP contribution is 2.43. The number of pyridine rings is 1. The summed E-state index contributed by atoms with van der Waals surface area (Å²) < 4.78 is 3.93. The molecule has 5 nitrogen and oxygen atoms in total. The van der Waals surface area contributed by atoms with E-state index >= 15 is 0 Å². The summed E-state index contributed by atoms with van der Waals surface area (Å²) in [4.78, 5) is 17.4. The Hall–Kier alpha value is -2.34. The van der Waals surface area contributed by atoms with Gasteiger partial charge in [0.1, 0.15) is 5.69 Å². The molecule has 0 fully saturated rings. The molecule has 3 aromatic rings. The molecule has 0 amide bonds. The smallest absolute Gasteiger partial charge is 0.163 e. The molecule has 3 aromatic heterocycles. The van der Waals surface area contributed by atoms with Crippen LogP contribution in [0.3, 0.4) is 0 Å². The maximum atomic E-state index is 11.5. The summed E-state index contributed by atoms with van der Waals surface area (Å²) in [7, 11) is 0. The monoisotopic (exact) mass is 338 g/mol. The highest BCUT2D eigenvalue weighted by Gasteiger charge is 2.22. The van der Waals surface area contributed by atoms with Gasteiger partial charge in [0.2, 0.25) is 0 Å². The molecular weight excluding hydrogens is 320 g/mol. The van der Waals surface area contributed by atoms with E-state index in [0.29, 0.717) is 10.8 Å². The van der Waals surface area contributed by atoms with Gasteiger partial charge >= 0.3 is 0 Å². The average Bonchev–Trinajstić information content (AvgIpc) is 3.32. The summed E-state index contributed by atoms with van der Waals surface area (Å²) in [6.45, 7) is 4.22. The van der Waals surface area contributed by atoms with Crippen LogP contribution in [0.25, 0.3) is 11.3 Å². The molecule has 0 radical (unpaired) electrons. The van der Waals surface area contributed by atoms with Gasteiger partial charge in [-0.1, -0.05) is 13.0 Å². The number of carbonyl (C=O) groups is 1. The van der Waals surface area contributed by atoms with Crippen molar-refractivity contribution in [3.05, 3.63) is 58.7 Å². The third-order valence-electron chi connectivity index (χ3n) is 4.36. The van der Waals surface area contributed by atoms with E-state index in [1.54, 1.807) is 6.20 Å². The van der Waals surface area contributed by atoms with Crippen LogP contribution in [0, 0.1) is 0 Å². The summed E-state index contributed by atoms with van der Waals surface area (Å²) in [5.74, 6) is 0. The van der Waals surface area contributed by atoms with Crippen LogP contribution in [0.15, 0.2) is 41.7 Å². The van der Waals surface area contributed by atoms with Crippen LogP contribution >= 0.6 is 11.8 Å². The van der Waals surface area contributed by atoms with Gasteiger partial charge < -0.3 is 4.40 Å². The second-order valence-electron chi connectivity index (χ2n) is 5.90.